The Labute approximate surface area is 117 Å². The third-order valence-corrected chi connectivity index (χ3v) is 3.53. The standard InChI is InChI=1S/C13H11BrN4O/c1-6-9(7-2-4-8(14)5-3-7)10-11(16-6)17-13(15)18-12(10)19/h2-5H,1H3,(H4,15,16,17,18,19). The number of aromatic nitrogens is 3. The van der Waals surface area contributed by atoms with Gasteiger partial charge in [0, 0.05) is 15.7 Å². The predicted octanol–water partition coefficient (Wildman–Crippen LogP) is 2.57. The topological polar surface area (TPSA) is 87.6 Å². The number of fused-ring (bicyclic) bond motifs is 1. The van der Waals surface area contributed by atoms with E-state index in [2.05, 4.69) is 30.9 Å². The van der Waals surface area contributed by atoms with Crippen LogP contribution in [0.3, 0.4) is 0 Å². The summed E-state index contributed by atoms with van der Waals surface area (Å²) < 4.78 is 0.991. The van der Waals surface area contributed by atoms with Crippen LogP contribution in [0.5, 0.6) is 0 Å². The van der Waals surface area contributed by atoms with Crippen LogP contribution in [0.25, 0.3) is 22.2 Å². The minimum absolute atomic E-state index is 0.112. The van der Waals surface area contributed by atoms with Crippen LogP contribution >= 0.6 is 15.9 Å². The lowest BCUT2D eigenvalue weighted by Crippen LogP contribution is -2.10. The number of H-pyrrole nitrogens is 2. The van der Waals surface area contributed by atoms with Crippen molar-refractivity contribution >= 4 is 32.9 Å². The number of nitrogens with two attached hydrogens (primary N) is 1. The van der Waals surface area contributed by atoms with Crippen LogP contribution in [-0.2, 0) is 0 Å². The molecule has 19 heavy (non-hydrogen) atoms. The van der Waals surface area contributed by atoms with Crippen LogP contribution in [0.4, 0.5) is 5.95 Å². The van der Waals surface area contributed by atoms with Gasteiger partial charge in [-0.1, -0.05) is 28.1 Å². The van der Waals surface area contributed by atoms with E-state index in [1.54, 1.807) is 0 Å². The molecule has 3 rings (SSSR count). The summed E-state index contributed by atoms with van der Waals surface area (Å²) in [6, 6.07) is 7.78. The highest BCUT2D eigenvalue weighted by molar-refractivity contribution is 9.10. The van der Waals surface area contributed by atoms with E-state index in [1.807, 2.05) is 31.2 Å². The van der Waals surface area contributed by atoms with Crippen molar-refractivity contribution in [3.63, 3.8) is 0 Å². The fraction of sp³-hybridized carbons (Fsp3) is 0.0769. The molecule has 3 aromatic rings. The maximum Gasteiger partial charge on any atom is 0.262 e. The minimum atomic E-state index is -0.232. The van der Waals surface area contributed by atoms with Gasteiger partial charge >= 0.3 is 0 Å². The molecule has 2 aromatic heterocycles. The average molecular weight is 319 g/mol. The molecule has 5 nitrogen and oxygen atoms in total. The molecule has 0 bridgehead atoms. The van der Waals surface area contributed by atoms with Crippen LogP contribution < -0.4 is 11.3 Å². The Kier molecular flexibility index (Phi) is 2.67. The van der Waals surface area contributed by atoms with Gasteiger partial charge in [0.05, 0.1) is 5.39 Å². The van der Waals surface area contributed by atoms with Gasteiger partial charge < -0.3 is 10.7 Å². The number of nitrogen functional groups attached to an aromatic ring is 1. The van der Waals surface area contributed by atoms with Gasteiger partial charge in [-0.05, 0) is 24.6 Å². The van der Waals surface area contributed by atoms with Crippen molar-refractivity contribution in [2.45, 2.75) is 6.92 Å². The molecule has 0 saturated carbocycles. The van der Waals surface area contributed by atoms with Crippen LogP contribution in [0.2, 0.25) is 0 Å². The van der Waals surface area contributed by atoms with Crippen molar-refractivity contribution in [2.75, 3.05) is 5.73 Å². The molecule has 0 aliphatic heterocycles. The SMILES string of the molecule is Cc1[nH]c2nc(N)[nH]c(=O)c2c1-c1ccc(Br)cc1. The van der Waals surface area contributed by atoms with Crippen LogP contribution in [0, 0.1) is 6.92 Å². The highest BCUT2D eigenvalue weighted by Crippen LogP contribution is 2.30. The van der Waals surface area contributed by atoms with Gasteiger partial charge in [0.1, 0.15) is 5.65 Å². The van der Waals surface area contributed by atoms with E-state index in [0.29, 0.717) is 11.0 Å². The second-order valence-electron chi connectivity index (χ2n) is 4.31. The van der Waals surface area contributed by atoms with Gasteiger partial charge in [-0.2, -0.15) is 4.98 Å². The lowest BCUT2D eigenvalue weighted by atomic mass is 10.0. The molecular formula is C13H11BrN4O. The van der Waals surface area contributed by atoms with Gasteiger partial charge in [-0.15, -0.1) is 0 Å². The summed E-state index contributed by atoms with van der Waals surface area (Å²) in [5.41, 5.74) is 8.54. The summed E-state index contributed by atoms with van der Waals surface area (Å²) >= 11 is 3.40. The van der Waals surface area contributed by atoms with E-state index >= 15 is 0 Å². The summed E-state index contributed by atoms with van der Waals surface area (Å²) in [6.45, 7) is 1.91. The molecule has 0 radical (unpaired) electrons. The first kappa shape index (κ1) is 12.0. The first-order valence-electron chi connectivity index (χ1n) is 5.70. The number of nitrogens with zero attached hydrogens (tertiary/aromatic N) is 1. The number of rotatable bonds is 1. The average Bonchev–Trinajstić information content (AvgIpc) is 2.66. The maximum atomic E-state index is 12.1. The first-order valence-corrected chi connectivity index (χ1v) is 6.49. The van der Waals surface area contributed by atoms with Crippen LogP contribution in [0.1, 0.15) is 5.69 Å². The van der Waals surface area contributed by atoms with E-state index in [9.17, 15) is 4.79 Å². The zero-order valence-corrected chi connectivity index (χ0v) is 11.7. The zero-order valence-electron chi connectivity index (χ0n) is 10.1. The van der Waals surface area contributed by atoms with Gasteiger partial charge in [-0.3, -0.25) is 9.78 Å². The minimum Gasteiger partial charge on any atom is -0.369 e. The highest BCUT2D eigenvalue weighted by Gasteiger charge is 2.15. The molecule has 0 aliphatic rings. The summed E-state index contributed by atoms with van der Waals surface area (Å²) in [7, 11) is 0. The molecule has 1 aromatic carbocycles. The van der Waals surface area contributed by atoms with Gasteiger partial charge in [-0.25, -0.2) is 0 Å². The number of anilines is 1. The van der Waals surface area contributed by atoms with E-state index in [1.165, 1.54) is 0 Å². The Morgan fingerprint density at radius 2 is 1.89 bits per heavy atom. The molecule has 0 spiro atoms. The third kappa shape index (κ3) is 1.94. The largest absolute Gasteiger partial charge is 0.369 e. The first-order chi connectivity index (χ1) is 9.06. The lowest BCUT2D eigenvalue weighted by molar-refractivity contribution is 1.17. The van der Waals surface area contributed by atoms with Crippen molar-refractivity contribution in [3.8, 4) is 11.1 Å². The zero-order chi connectivity index (χ0) is 13.6. The Bertz CT molecular complexity index is 817. The molecular weight excluding hydrogens is 308 g/mol. The molecule has 0 aliphatic carbocycles. The number of aromatic amines is 2. The number of hydrogen-bond donors (Lipinski definition) is 3. The Hall–Kier alpha value is -2.08. The lowest BCUT2D eigenvalue weighted by Gasteiger charge is -2.01. The number of benzene rings is 1. The summed E-state index contributed by atoms with van der Waals surface area (Å²) in [4.78, 5) is 21.8. The van der Waals surface area contributed by atoms with Gasteiger partial charge in [0.15, 0.2) is 0 Å². The molecule has 0 atom stereocenters. The second-order valence-corrected chi connectivity index (χ2v) is 5.22. The molecule has 0 amide bonds. The fourth-order valence-corrected chi connectivity index (χ4v) is 2.48. The molecule has 0 saturated heterocycles. The van der Waals surface area contributed by atoms with Crippen molar-refractivity contribution in [2.24, 2.45) is 0 Å². The summed E-state index contributed by atoms with van der Waals surface area (Å²) in [6.07, 6.45) is 0. The van der Waals surface area contributed by atoms with E-state index in [4.69, 9.17) is 5.73 Å². The van der Waals surface area contributed by atoms with E-state index < -0.39 is 0 Å². The molecule has 0 fully saturated rings. The Balaban J connectivity index is 2.38. The van der Waals surface area contributed by atoms with E-state index in [-0.39, 0.29) is 11.5 Å². The van der Waals surface area contributed by atoms with Crippen molar-refractivity contribution < 1.29 is 0 Å². The predicted molar refractivity (Wildman–Crippen MR) is 79.0 cm³/mol. The molecule has 4 N–H and O–H groups in total. The van der Waals surface area contributed by atoms with Crippen LogP contribution in [-0.4, -0.2) is 15.0 Å². The molecule has 6 heteroatoms. The third-order valence-electron chi connectivity index (χ3n) is 3.00. The normalized spacial score (nSPS) is 11.1. The van der Waals surface area contributed by atoms with Gasteiger partial charge in [0.25, 0.3) is 5.56 Å². The summed E-state index contributed by atoms with van der Waals surface area (Å²) in [5, 5.41) is 0.536. The molecule has 96 valence electrons. The van der Waals surface area contributed by atoms with Crippen molar-refractivity contribution in [1.29, 1.82) is 0 Å². The second kappa shape index (κ2) is 4.24. The maximum absolute atomic E-state index is 12.1. The number of halogens is 1. The van der Waals surface area contributed by atoms with Crippen molar-refractivity contribution in [3.05, 3.63) is 44.8 Å². The van der Waals surface area contributed by atoms with Gasteiger partial charge in [0.2, 0.25) is 5.95 Å². The number of nitrogens with one attached hydrogen (secondary N) is 2. The monoisotopic (exact) mass is 318 g/mol. The smallest absolute Gasteiger partial charge is 0.262 e. The quantitative estimate of drug-likeness (QED) is 0.644. The van der Waals surface area contributed by atoms with Crippen LogP contribution in [0.15, 0.2) is 33.5 Å². The number of aryl methyl sites for hydroxylation is 1. The van der Waals surface area contributed by atoms with E-state index in [0.717, 1.165) is 21.3 Å². The summed E-state index contributed by atoms with van der Waals surface area (Å²) in [5.74, 6) is 0.112. The highest BCUT2D eigenvalue weighted by atomic mass is 79.9. The Morgan fingerprint density at radius 1 is 1.21 bits per heavy atom. The Morgan fingerprint density at radius 3 is 2.58 bits per heavy atom. The van der Waals surface area contributed by atoms with Crippen molar-refractivity contribution in [1.82, 2.24) is 15.0 Å². The number of hydrogen-bond acceptors (Lipinski definition) is 3. The fourth-order valence-electron chi connectivity index (χ4n) is 2.22. The molecule has 2 heterocycles. The molecule has 0 unspecified atom stereocenters.